The summed E-state index contributed by atoms with van der Waals surface area (Å²) in [5.41, 5.74) is 2.47. The quantitative estimate of drug-likeness (QED) is 0.286. The SMILES string of the molecule is [Cl-].[Cl-].[Zr+2].c1ccc([CH-][CH-]c2ccccc2)cc1.c1ccc2[cH-]ccc2c1.c1ccc2[cH-]ccc2c1. The standard InChI is InChI=1S/C14H12.2C9H7.2ClH.Zr/c1-3-7-13(8-4-1)11-12-14-9-5-2-6-10-14;2*1-2-5-9-7-3-6-8(9)4-1;;;/h1-12H;2*1-7H;2*1H;/q-2;2*-1;;;+2/p-2. The van der Waals surface area contributed by atoms with Crippen LogP contribution in [0.5, 0.6) is 0 Å². The van der Waals surface area contributed by atoms with Crippen LogP contribution in [0, 0.1) is 12.8 Å². The molecule has 0 bridgehead atoms. The maximum Gasteiger partial charge on any atom is 2.00 e. The third-order valence-electron chi connectivity index (χ3n) is 5.16. The summed E-state index contributed by atoms with van der Waals surface area (Å²) in [5.74, 6) is 0. The number of benzene rings is 4. The Balaban J connectivity index is 0.000000260. The van der Waals surface area contributed by atoms with Crippen LogP contribution >= 0.6 is 0 Å². The molecular formula is C32H26Cl2Zr-4. The fourth-order valence-corrected chi connectivity index (χ4v) is 3.46. The second-order valence-electron chi connectivity index (χ2n) is 7.46. The van der Waals surface area contributed by atoms with Crippen LogP contribution in [-0.4, -0.2) is 0 Å². The minimum absolute atomic E-state index is 0. The first-order chi connectivity index (χ1) is 15.9. The molecule has 0 saturated carbocycles. The van der Waals surface area contributed by atoms with Gasteiger partial charge < -0.3 is 24.8 Å². The smallest absolute Gasteiger partial charge is 1.00 e. The molecule has 0 spiro atoms. The van der Waals surface area contributed by atoms with Crippen molar-refractivity contribution in [1.82, 2.24) is 0 Å². The van der Waals surface area contributed by atoms with Gasteiger partial charge in [-0.05, 0) is 0 Å². The number of fused-ring (bicyclic) bond motifs is 2. The normalized spacial score (nSPS) is 9.03. The summed E-state index contributed by atoms with van der Waals surface area (Å²) < 4.78 is 0. The van der Waals surface area contributed by atoms with E-state index in [2.05, 4.69) is 122 Å². The first-order valence-electron chi connectivity index (χ1n) is 10.9. The molecule has 0 saturated heterocycles. The second kappa shape index (κ2) is 16.8. The zero-order chi connectivity index (χ0) is 21.8. The molecule has 6 rings (SSSR count). The zero-order valence-electron chi connectivity index (χ0n) is 19.3. The molecule has 0 aliphatic rings. The average molecular weight is 573 g/mol. The number of rotatable bonds is 3. The molecule has 0 aliphatic heterocycles. The molecule has 0 fully saturated rings. The van der Waals surface area contributed by atoms with Gasteiger partial charge in [-0.15, -0.1) is 83.6 Å². The van der Waals surface area contributed by atoms with Gasteiger partial charge in [-0.3, -0.25) is 0 Å². The molecule has 35 heavy (non-hydrogen) atoms. The van der Waals surface area contributed by atoms with E-state index in [9.17, 15) is 0 Å². The summed E-state index contributed by atoms with van der Waals surface area (Å²) >= 11 is 0. The van der Waals surface area contributed by atoms with Gasteiger partial charge in [0.15, 0.2) is 0 Å². The topological polar surface area (TPSA) is 0 Å². The van der Waals surface area contributed by atoms with E-state index in [0.29, 0.717) is 0 Å². The Labute approximate surface area is 240 Å². The van der Waals surface area contributed by atoms with Crippen molar-refractivity contribution in [2.75, 3.05) is 0 Å². The maximum atomic E-state index is 2.12. The molecule has 6 aromatic rings. The Kier molecular flexibility index (Phi) is 14.6. The van der Waals surface area contributed by atoms with Gasteiger partial charge in [0.1, 0.15) is 0 Å². The molecule has 6 aromatic carbocycles. The Morgan fingerprint density at radius 1 is 0.400 bits per heavy atom. The van der Waals surface area contributed by atoms with Crippen molar-refractivity contribution in [3.63, 3.8) is 0 Å². The summed E-state index contributed by atoms with van der Waals surface area (Å²) in [7, 11) is 0. The van der Waals surface area contributed by atoms with Crippen LogP contribution in [0.1, 0.15) is 11.1 Å². The van der Waals surface area contributed by atoms with Crippen LogP contribution in [0.3, 0.4) is 0 Å². The number of halogens is 2. The Morgan fingerprint density at radius 2 is 0.743 bits per heavy atom. The van der Waals surface area contributed by atoms with E-state index in [0.717, 1.165) is 0 Å². The molecule has 0 amide bonds. The van der Waals surface area contributed by atoms with Crippen LogP contribution in [0.15, 0.2) is 146 Å². The fraction of sp³-hybridized carbons (Fsp3) is 0. The molecule has 0 nitrogen and oxygen atoms in total. The molecule has 0 radical (unpaired) electrons. The second-order valence-corrected chi connectivity index (χ2v) is 7.46. The zero-order valence-corrected chi connectivity index (χ0v) is 23.2. The summed E-state index contributed by atoms with van der Waals surface area (Å²) in [6, 6.07) is 50.0. The van der Waals surface area contributed by atoms with Crippen molar-refractivity contribution < 1.29 is 51.0 Å². The molecule has 3 heteroatoms. The van der Waals surface area contributed by atoms with Gasteiger partial charge in [-0.1, -0.05) is 24.3 Å². The monoisotopic (exact) mass is 570 g/mol. The van der Waals surface area contributed by atoms with Crippen molar-refractivity contribution in [2.45, 2.75) is 0 Å². The van der Waals surface area contributed by atoms with Crippen LogP contribution in [0.4, 0.5) is 0 Å². The van der Waals surface area contributed by atoms with Crippen molar-refractivity contribution in [3.8, 4) is 0 Å². The van der Waals surface area contributed by atoms with Gasteiger partial charge in [0.05, 0.1) is 0 Å². The fourth-order valence-electron chi connectivity index (χ4n) is 3.46. The average Bonchev–Trinajstić information content (AvgIpc) is 3.54. The van der Waals surface area contributed by atoms with Crippen molar-refractivity contribution in [2.24, 2.45) is 0 Å². The van der Waals surface area contributed by atoms with E-state index in [-0.39, 0.29) is 51.0 Å². The largest absolute Gasteiger partial charge is 2.00 e. The molecule has 0 N–H and O–H groups in total. The maximum absolute atomic E-state index is 2.12. The molecule has 0 aliphatic carbocycles. The van der Waals surface area contributed by atoms with Crippen LogP contribution in [0.2, 0.25) is 0 Å². The number of hydrogen-bond donors (Lipinski definition) is 0. The first kappa shape index (κ1) is 30.3. The first-order valence-corrected chi connectivity index (χ1v) is 10.9. The van der Waals surface area contributed by atoms with Gasteiger partial charge in [0, 0.05) is 0 Å². The summed E-state index contributed by atoms with van der Waals surface area (Å²) in [4.78, 5) is 0. The predicted octanol–water partition coefficient (Wildman–Crippen LogP) is 2.61. The van der Waals surface area contributed by atoms with Crippen LogP contribution in [-0.2, 0) is 26.2 Å². The molecule has 0 aromatic heterocycles. The molecular weight excluding hydrogens is 546 g/mol. The summed E-state index contributed by atoms with van der Waals surface area (Å²) in [6.45, 7) is 0. The van der Waals surface area contributed by atoms with Gasteiger partial charge in [0.2, 0.25) is 0 Å². The van der Waals surface area contributed by atoms with E-state index < -0.39 is 0 Å². The third kappa shape index (κ3) is 9.83. The minimum atomic E-state index is 0. The predicted molar refractivity (Wildman–Crippen MR) is 139 cm³/mol. The van der Waals surface area contributed by atoms with Crippen molar-refractivity contribution in [1.29, 1.82) is 0 Å². The Bertz CT molecular complexity index is 1160. The Morgan fingerprint density at radius 3 is 1.11 bits per heavy atom. The van der Waals surface area contributed by atoms with E-state index in [1.165, 1.54) is 32.7 Å². The summed E-state index contributed by atoms with van der Waals surface area (Å²) in [5, 5.41) is 5.32. The molecule has 0 atom stereocenters. The van der Waals surface area contributed by atoms with E-state index >= 15 is 0 Å². The van der Waals surface area contributed by atoms with E-state index in [4.69, 9.17) is 0 Å². The molecule has 176 valence electrons. The molecule has 0 unspecified atom stereocenters. The molecule has 0 heterocycles. The van der Waals surface area contributed by atoms with E-state index in [1.54, 1.807) is 0 Å². The van der Waals surface area contributed by atoms with Crippen LogP contribution < -0.4 is 24.8 Å². The van der Waals surface area contributed by atoms with Crippen molar-refractivity contribution >= 4 is 21.5 Å². The van der Waals surface area contributed by atoms with Gasteiger partial charge in [-0.2, -0.15) is 59.3 Å². The van der Waals surface area contributed by atoms with Gasteiger partial charge in [-0.25, -0.2) is 24.0 Å². The minimum Gasteiger partial charge on any atom is -1.00 e. The summed E-state index contributed by atoms with van der Waals surface area (Å²) in [6.07, 6.45) is 4.24. The van der Waals surface area contributed by atoms with Gasteiger partial charge in [0.25, 0.3) is 0 Å². The van der Waals surface area contributed by atoms with E-state index in [1.807, 2.05) is 36.4 Å². The number of hydrogen-bond acceptors (Lipinski definition) is 0. The van der Waals surface area contributed by atoms with Gasteiger partial charge >= 0.3 is 26.2 Å². The third-order valence-corrected chi connectivity index (χ3v) is 5.16. The van der Waals surface area contributed by atoms with Crippen LogP contribution in [0.25, 0.3) is 21.5 Å². The van der Waals surface area contributed by atoms with Crippen molar-refractivity contribution in [3.05, 3.63) is 170 Å². The Hall–Kier alpha value is -2.70.